The normalized spacial score (nSPS) is 29.4. The van der Waals surface area contributed by atoms with Crippen molar-refractivity contribution in [3.63, 3.8) is 0 Å². The summed E-state index contributed by atoms with van der Waals surface area (Å²) < 4.78 is 0. The van der Waals surface area contributed by atoms with Crippen LogP contribution in [0.25, 0.3) is 0 Å². The van der Waals surface area contributed by atoms with Gasteiger partial charge in [-0.15, -0.1) is 0 Å². The van der Waals surface area contributed by atoms with Crippen LogP contribution in [0.15, 0.2) is 30.3 Å². The van der Waals surface area contributed by atoms with E-state index in [0.29, 0.717) is 18.6 Å². The molecule has 3 unspecified atom stereocenters. The molecule has 0 bridgehead atoms. The number of hydrogen-bond donors (Lipinski definition) is 2. The van der Waals surface area contributed by atoms with Crippen molar-refractivity contribution in [2.75, 3.05) is 19.6 Å². The van der Waals surface area contributed by atoms with Crippen molar-refractivity contribution in [3.8, 4) is 0 Å². The summed E-state index contributed by atoms with van der Waals surface area (Å²) in [6.45, 7) is 3.16. The fourth-order valence-corrected chi connectivity index (χ4v) is 3.38. The molecule has 0 aliphatic carbocycles. The quantitative estimate of drug-likeness (QED) is 0.846. The first-order valence-electron chi connectivity index (χ1n) is 7.05. The highest BCUT2D eigenvalue weighted by Crippen LogP contribution is 2.28. The number of nitrogens with one attached hydrogen (secondary N) is 1. The summed E-state index contributed by atoms with van der Waals surface area (Å²) >= 11 is 0. The fraction of sp³-hybridized carbons (Fsp3) is 0.600. The Bertz CT molecular complexity index is 381. The molecule has 2 heterocycles. The van der Waals surface area contributed by atoms with Gasteiger partial charge < -0.3 is 10.4 Å². The van der Waals surface area contributed by atoms with Crippen LogP contribution >= 0.6 is 0 Å². The summed E-state index contributed by atoms with van der Waals surface area (Å²) in [4.78, 5) is 2.59. The molecule has 0 amide bonds. The van der Waals surface area contributed by atoms with Crippen LogP contribution in [-0.2, 0) is 0 Å². The molecule has 3 nitrogen and oxygen atoms in total. The van der Waals surface area contributed by atoms with Gasteiger partial charge in [0, 0.05) is 25.2 Å². The molecule has 2 aliphatic rings. The minimum Gasteiger partial charge on any atom is -0.387 e. The molecular formula is C15H22N2O. The van der Waals surface area contributed by atoms with Gasteiger partial charge in [-0.1, -0.05) is 30.3 Å². The highest BCUT2D eigenvalue weighted by molar-refractivity contribution is 5.17. The van der Waals surface area contributed by atoms with Gasteiger partial charge in [0.05, 0.1) is 6.10 Å². The second kappa shape index (κ2) is 5.39. The molecule has 0 radical (unpaired) electrons. The van der Waals surface area contributed by atoms with E-state index >= 15 is 0 Å². The summed E-state index contributed by atoms with van der Waals surface area (Å²) in [6.07, 6.45) is 3.50. The molecule has 1 aromatic carbocycles. The molecular weight excluding hydrogens is 224 g/mol. The van der Waals surface area contributed by atoms with E-state index in [4.69, 9.17) is 0 Å². The number of aliphatic hydroxyl groups is 1. The van der Waals surface area contributed by atoms with Crippen LogP contribution in [0, 0.1) is 0 Å². The smallest absolute Gasteiger partial charge is 0.0914 e. The van der Waals surface area contributed by atoms with E-state index in [1.54, 1.807) is 0 Å². The Morgan fingerprint density at radius 2 is 2.06 bits per heavy atom. The Balaban J connectivity index is 1.52. The zero-order chi connectivity index (χ0) is 12.4. The SMILES string of the molecule is OC(CNC1CCN2CCCC12)c1ccccc1. The van der Waals surface area contributed by atoms with Gasteiger partial charge in [0.1, 0.15) is 0 Å². The lowest BCUT2D eigenvalue weighted by atomic mass is 10.1. The third-order valence-electron chi connectivity index (χ3n) is 4.36. The van der Waals surface area contributed by atoms with E-state index in [9.17, 15) is 5.11 Å². The zero-order valence-corrected chi connectivity index (χ0v) is 10.8. The predicted molar refractivity (Wildman–Crippen MR) is 72.4 cm³/mol. The molecule has 2 fully saturated rings. The third-order valence-corrected chi connectivity index (χ3v) is 4.36. The lowest BCUT2D eigenvalue weighted by molar-refractivity contribution is 0.166. The van der Waals surface area contributed by atoms with Gasteiger partial charge in [0.2, 0.25) is 0 Å². The first-order chi connectivity index (χ1) is 8.84. The summed E-state index contributed by atoms with van der Waals surface area (Å²) in [5.74, 6) is 0. The van der Waals surface area contributed by atoms with Crippen molar-refractivity contribution in [1.29, 1.82) is 0 Å². The van der Waals surface area contributed by atoms with Crippen LogP contribution in [0.5, 0.6) is 0 Å². The van der Waals surface area contributed by atoms with Crippen LogP contribution in [0.3, 0.4) is 0 Å². The maximum absolute atomic E-state index is 10.1. The molecule has 0 aromatic heterocycles. The van der Waals surface area contributed by atoms with Crippen molar-refractivity contribution >= 4 is 0 Å². The number of benzene rings is 1. The molecule has 3 atom stereocenters. The summed E-state index contributed by atoms with van der Waals surface area (Å²) in [7, 11) is 0. The molecule has 2 N–H and O–H groups in total. The van der Waals surface area contributed by atoms with Gasteiger partial charge >= 0.3 is 0 Å². The van der Waals surface area contributed by atoms with E-state index in [2.05, 4.69) is 10.2 Å². The Labute approximate surface area is 109 Å². The lowest BCUT2D eigenvalue weighted by Gasteiger charge is -2.22. The van der Waals surface area contributed by atoms with Gasteiger partial charge in [-0.05, 0) is 31.4 Å². The van der Waals surface area contributed by atoms with Crippen LogP contribution in [-0.4, -0.2) is 41.7 Å². The average Bonchev–Trinajstić information content (AvgIpc) is 3.00. The molecule has 98 valence electrons. The van der Waals surface area contributed by atoms with Crippen molar-refractivity contribution in [1.82, 2.24) is 10.2 Å². The van der Waals surface area contributed by atoms with Crippen LogP contribution in [0.2, 0.25) is 0 Å². The van der Waals surface area contributed by atoms with Crippen molar-refractivity contribution < 1.29 is 5.11 Å². The highest BCUT2D eigenvalue weighted by Gasteiger charge is 2.36. The van der Waals surface area contributed by atoms with Gasteiger partial charge in [-0.2, -0.15) is 0 Å². The molecule has 0 spiro atoms. The van der Waals surface area contributed by atoms with E-state index in [-0.39, 0.29) is 6.10 Å². The Morgan fingerprint density at radius 3 is 2.89 bits per heavy atom. The standard InChI is InChI=1S/C15H22N2O/c18-15(12-5-2-1-3-6-12)11-16-13-8-10-17-9-4-7-14(13)17/h1-3,5-6,13-16,18H,4,7-11H2. The molecule has 1 aromatic rings. The predicted octanol–water partition coefficient (Wildman–Crippen LogP) is 1.55. The molecule has 3 rings (SSSR count). The van der Waals surface area contributed by atoms with Crippen LogP contribution < -0.4 is 5.32 Å². The number of rotatable bonds is 4. The molecule has 3 heteroatoms. The Morgan fingerprint density at radius 1 is 1.22 bits per heavy atom. The molecule has 0 saturated carbocycles. The van der Waals surface area contributed by atoms with E-state index < -0.39 is 0 Å². The third kappa shape index (κ3) is 2.44. The van der Waals surface area contributed by atoms with Crippen LogP contribution in [0.4, 0.5) is 0 Å². The van der Waals surface area contributed by atoms with E-state index in [0.717, 1.165) is 5.56 Å². The van der Waals surface area contributed by atoms with E-state index in [1.807, 2.05) is 30.3 Å². The average molecular weight is 246 g/mol. The number of aliphatic hydroxyl groups excluding tert-OH is 1. The van der Waals surface area contributed by atoms with Crippen molar-refractivity contribution in [3.05, 3.63) is 35.9 Å². The van der Waals surface area contributed by atoms with E-state index in [1.165, 1.54) is 32.4 Å². The summed E-state index contributed by atoms with van der Waals surface area (Å²) in [5.41, 5.74) is 1.01. The first-order valence-corrected chi connectivity index (χ1v) is 7.05. The van der Waals surface area contributed by atoms with Gasteiger partial charge in [0.15, 0.2) is 0 Å². The Hall–Kier alpha value is -0.900. The maximum Gasteiger partial charge on any atom is 0.0914 e. The maximum atomic E-state index is 10.1. The zero-order valence-electron chi connectivity index (χ0n) is 10.8. The topological polar surface area (TPSA) is 35.5 Å². The summed E-state index contributed by atoms with van der Waals surface area (Å²) in [6, 6.07) is 11.2. The van der Waals surface area contributed by atoms with Crippen molar-refractivity contribution in [2.45, 2.75) is 37.5 Å². The Kier molecular flexibility index (Phi) is 3.64. The minimum absolute atomic E-state index is 0.387. The van der Waals surface area contributed by atoms with Gasteiger partial charge in [-0.3, -0.25) is 4.90 Å². The number of fused-ring (bicyclic) bond motifs is 1. The monoisotopic (exact) mass is 246 g/mol. The second-order valence-corrected chi connectivity index (χ2v) is 5.48. The number of nitrogens with zero attached hydrogens (tertiary/aromatic N) is 1. The minimum atomic E-state index is -0.387. The first kappa shape index (κ1) is 12.2. The van der Waals surface area contributed by atoms with Gasteiger partial charge in [0.25, 0.3) is 0 Å². The van der Waals surface area contributed by atoms with Crippen LogP contribution in [0.1, 0.15) is 30.9 Å². The highest BCUT2D eigenvalue weighted by atomic mass is 16.3. The fourth-order valence-electron chi connectivity index (χ4n) is 3.38. The lowest BCUT2D eigenvalue weighted by Crippen LogP contribution is -2.40. The van der Waals surface area contributed by atoms with Crippen molar-refractivity contribution in [2.24, 2.45) is 0 Å². The van der Waals surface area contributed by atoms with Gasteiger partial charge in [-0.25, -0.2) is 0 Å². The molecule has 2 saturated heterocycles. The largest absolute Gasteiger partial charge is 0.387 e. The molecule has 18 heavy (non-hydrogen) atoms. The summed E-state index contributed by atoms with van der Waals surface area (Å²) in [5, 5.41) is 13.7. The number of hydrogen-bond acceptors (Lipinski definition) is 3. The molecule has 2 aliphatic heterocycles. The second-order valence-electron chi connectivity index (χ2n) is 5.48.